The van der Waals surface area contributed by atoms with E-state index in [1.54, 1.807) is 0 Å². The van der Waals surface area contributed by atoms with Crippen LogP contribution >= 0.6 is 0 Å². The largest absolute Gasteiger partial charge is 0.348 e. The van der Waals surface area contributed by atoms with Gasteiger partial charge in [-0.05, 0) is 55.1 Å². The Morgan fingerprint density at radius 1 is 1.19 bits per heavy atom. The molecule has 140 valence electrons. The number of aromatic nitrogens is 2. The van der Waals surface area contributed by atoms with Gasteiger partial charge in [0, 0.05) is 0 Å². The summed E-state index contributed by atoms with van der Waals surface area (Å²) in [5.74, 6) is 1.16. The van der Waals surface area contributed by atoms with Gasteiger partial charge in [0.25, 0.3) is 0 Å². The fourth-order valence-electron chi connectivity index (χ4n) is 3.62. The topological polar surface area (TPSA) is 95.8 Å². The number of carbonyl (C=O) groups is 1. The second-order valence-corrected chi connectivity index (χ2v) is 7.21. The van der Waals surface area contributed by atoms with E-state index in [0.29, 0.717) is 19.0 Å². The summed E-state index contributed by atoms with van der Waals surface area (Å²) in [7, 11) is 0. The maximum atomic E-state index is 12.3. The predicted molar refractivity (Wildman–Crippen MR) is 106 cm³/mol. The zero-order valence-electron chi connectivity index (χ0n) is 15.2. The highest BCUT2D eigenvalue weighted by Gasteiger charge is 2.28. The van der Waals surface area contributed by atoms with Gasteiger partial charge in [-0.15, -0.1) is 0 Å². The third kappa shape index (κ3) is 4.18. The molecule has 27 heavy (non-hydrogen) atoms. The number of hydrogen-bond donors (Lipinski definition) is 4. The molecule has 0 aliphatic carbocycles. The molecule has 2 aromatic carbocycles. The number of aromatic amines is 1. The zero-order chi connectivity index (χ0) is 18.6. The molecule has 0 radical (unpaired) electrons. The van der Waals surface area contributed by atoms with E-state index in [1.807, 2.05) is 12.1 Å². The Kier molecular flexibility index (Phi) is 5.18. The first-order valence-corrected chi connectivity index (χ1v) is 9.44. The molecule has 6 heteroatoms. The molecule has 6 nitrogen and oxygen atoms in total. The van der Waals surface area contributed by atoms with Crippen molar-refractivity contribution in [2.45, 2.75) is 25.4 Å². The third-order valence-electron chi connectivity index (χ3n) is 5.15. The highest BCUT2D eigenvalue weighted by atomic mass is 16.2. The van der Waals surface area contributed by atoms with Gasteiger partial charge in [0.1, 0.15) is 5.82 Å². The van der Waals surface area contributed by atoms with Crippen molar-refractivity contribution in [2.24, 2.45) is 11.7 Å². The van der Waals surface area contributed by atoms with E-state index in [0.717, 1.165) is 36.2 Å². The van der Waals surface area contributed by atoms with Crippen LogP contribution in [0.4, 0.5) is 0 Å². The van der Waals surface area contributed by atoms with Gasteiger partial charge >= 0.3 is 0 Å². The number of carbonyl (C=O) groups excluding carboxylic acids is 1. The maximum absolute atomic E-state index is 12.3. The lowest BCUT2D eigenvalue weighted by Gasteiger charge is -2.10. The Bertz CT molecular complexity index is 921. The molecule has 1 fully saturated rings. The van der Waals surface area contributed by atoms with E-state index in [-0.39, 0.29) is 11.9 Å². The number of imidazole rings is 1. The van der Waals surface area contributed by atoms with Crippen molar-refractivity contribution in [3.05, 3.63) is 65.5 Å². The molecule has 5 N–H and O–H groups in total. The first kappa shape index (κ1) is 17.7. The number of nitrogens with one attached hydrogen (secondary N) is 3. The van der Waals surface area contributed by atoms with Crippen LogP contribution in [-0.4, -0.2) is 35.0 Å². The summed E-state index contributed by atoms with van der Waals surface area (Å²) in [6.07, 6.45) is 1.68. The maximum Gasteiger partial charge on any atom is 0.237 e. The minimum Gasteiger partial charge on any atom is -0.348 e. The second-order valence-electron chi connectivity index (χ2n) is 7.21. The summed E-state index contributed by atoms with van der Waals surface area (Å²) in [6, 6.07) is 16.5. The fourth-order valence-corrected chi connectivity index (χ4v) is 3.62. The highest BCUT2D eigenvalue weighted by molar-refractivity contribution is 5.82. The Morgan fingerprint density at radius 2 is 2.04 bits per heavy atom. The number of H-pyrrole nitrogens is 1. The van der Waals surface area contributed by atoms with Crippen LogP contribution in [0.3, 0.4) is 0 Å². The van der Waals surface area contributed by atoms with Crippen LogP contribution in [0.2, 0.25) is 0 Å². The van der Waals surface area contributed by atoms with Crippen LogP contribution in [-0.2, 0) is 17.8 Å². The first-order valence-electron chi connectivity index (χ1n) is 9.44. The van der Waals surface area contributed by atoms with Gasteiger partial charge in [0.05, 0.1) is 23.6 Å². The van der Waals surface area contributed by atoms with Gasteiger partial charge in [-0.3, -0.25) is 4.79 Å². The molecule has 1 aromatic heterocycles. The van der Waals surface area contributed by atoms with Crippen molar-refractivity contribution in [1.82, 2.24) is 20.6 Å². The molecule has 0 bridgehead atoms. The van der Waals surface area contributed by atoms with E-state index in [4.69, 9.17) is 5.73 Å². The number of nitrogens with zero attached hydrogens (tertiary/aromatic N) is 1. The summed E-state index contributed by atoms with van der Waals surface area (Å²) in [5.41, 5.74) is 10.1. The summed E-state index contributed by atoms with van der Waals surface area (Å²) in [5, 5.41) is 6.19. The normalized spacial score (nSPS) is 19.4. The first-order chi connectivity index (χ1) is 13.2. The second kappa shape index (κ2) is 7.90. The molecule has 0 unspecified atom stereocenters. The smallest absolute Gasteiger partial charge is 0.237 e. The number of hydrogen-bond acceptors (Lipinski definition) is 4. The SMILES string of the molecule is NC[C@H]1CN[C@H](C(=O)NCc2nc3ccc(Cc4ccccc4)cc3[nH]2)C1. The molecule has 2 heterocycles. The third-order valence-corrected chi connectivity index (χ3v) is 5.15. The number of benzene rings is 2. The molecule has 3 aromatic rings. The molecule has 1 aliphatic heterocycles. The minimum atomic E-state index is -0.152. The van der Waals surface area contributed by atoms with Gasteiger partial charge < -0.3 is 21.4 Å². The average molecular weight is 363 g/mol. The Balaban J connectivity index is 1.39. The number of rotatable bonds is 6. The molecule has 1 saturated heterocycles. The lowest BCUT2D eigenvalue weighted by Crippen LogP contribution is -2.40. The summed E-state index contributed by atoms with van der Waals surface area (Å²) in [6.45, 7) is 1.82. The molecule has 4 rings (SSSR count). The van der Waals surface area contributed by atoms with Crippen molar-refractivity contribution in [2.75, 3.05) is 13.1 Å². The van der Waals surface area contributed by atoms with E-state index in [2.05, 4.69) is 57.0 Å². The fraction of sp³-hybridized carbons (Fsp3) is 0.333. The van der Waals surface area contributed by atoms with E-state index < -0.39 is 0 Å². The molecule has 2 atom stereocenters. The number of nitrogens with two attached hydrogens (primary N) is 1. The lowest BCUT2D eigenvalue weighted by atomic mass is 10.0. The Morgan fingerprint density at radius 3 is 2.81 bits per heavy atom. The number of fused-ring (bicyclic) bond motifs is 1. The van der Waals surface area contributed by atoms with Crippen molar-refractivity contribution >= 4 is 16.9 Å². The lowest BCUT2D eigenvalue weighted by molar-refractivity contribution is -0.123. The van der Waals surface area contributed by atoms with Crippen LogP contribution in [0.1, 0.15) is 23.4 Å². The molecular weight excluding hydrogens is 338 g/mol. The van der Waals surface area contributed by atoms with Gasteiger partial charge in [-0.1, -0.05) is 36.4 Å². The van der Waals surface area contributed by atoms with Crippen LogP contribution in [0, 0.1) is 5.92 Å². The minimum absolute atomic E-state index is 0.0103. The Hall–Kier alpha value is -2.70. The summed E-state index contributed by atoms with van der Waals surface area (Å²) in [4.78, 5) is 20.2. The standard InChI is InChI=1S/C21H25N5O/c22-11-16-10-19(23-12-16)21(27)24-13-20-25-17-7-6-15(9-18(17)26-20)8-14-4-2-1-3-5-14/h1-7,9,16,19,23H,8,10-13,22H2,(H,24,27)(H,25,26)/t16-,19-/m0/s1. The van der Waals surface area contributed by atoms with Gasteiger partial charge in [-0.2, -0.15) is 0 Å². The van der Waals surface area contributed by atoms with Crippen LogP contribution in [0.5, 0.6) is 0 Å². The highest BCUT2D eigenvalue weighted by Crippen LogP contribution is 2.17. The van der Waals surface area contributed by atoms with Crippen molar-refractivity contribution < 1.29 is 4.79 Å². The summed E-state index contributed by atoms with van der Waals surface area (Å²) >= 11 is 0. The van der Waals surface area contributed by atoms with Crippen molar-refractivity contribution in [1.29, 1.82) is 0 Å². The summed E-state index contributed by atoms with van der Waals surface area (Å²) < 4.78 is 0. The van der Waals surface area contributed by atoms with Crippen LogP contribution in [0.25, 0.3) is 11.0 Å². The van der Waals surface area contributed by atoms with Gasteiger partial charge in [0.15, 0.2) is 0 Å². The van der Waals surface area contributed by atoms with Crippen molar-refractivity contribution in [3.63, 3.8) is 0 Å². The molecular formula is C21H25N5O. The average Bonchev–Trinajstić information content (AvgIpc) is 3.33. The molecule has 0 saturated carbocycles. The van der Waals surface area contributed by atoms with E-state index >= 15 is 0 Å². The number of amides is 1. The van der Waals surface area contributed by atoms with Crippen LogP contribution in [0.15, 0.2) is 48.5 Å². The predicted octanol–water partition coefficient (Wildman–Crippen LogP) is 1.71. The zero-order valence-corrected chi connectivity index (χ0v) is 15.2. The van der Waals surface area contributed by atoms with E-state index in [9.17, 15) is 4.79 Å². The quantitative estimate of drug-likeness (QED) is 0.536. The van der Waals surface area contributed by atoms with Gasteiger partial charge in [0.2, 0.25) is 5.91 Å². The van der Waals surface area contributed by atoms with Gasteiger partial charge in [-0.25, -0.2) is 4.98 Å². The van der Waals surface area contributed by atoms with E-state index in [1.165, 1.54) is 11.1 Å². The monoisotopic (exact) mass is 363 g/mol. The molecule has 1 aliphatic rings. The molecule has 0 spiro atoms. The Labute approximate surface area is 158 Å². The molecule has 1 amide bonds. The van der Waals surface area contributed by atoms with Crippen LogP contribution < -0.4 is 16.4 Å². The van der Waals surface area contributed by atoms with Crippen molar-refractivity contribution in [3.8, 4) is 0 Å².